The van der Waals surface area contributed by atoms with E-state index in [1.807, 2.05) is 4.90 Å². The minimum Gasteiger partial charge on any atom is -0.493 e. The molecule has 11 nitrogen and oxygen atoms in total. The van der Waals surface area contributed by atoms with Crippen molar-refractivity contribution in [1.82, 2.24) is 5.32 Å². The highest BCUT2D eigenvalue weighted by Crippen LogP contribution is 2.35. The Balaban J connectivity index is 1.72. The van der Waals surface area contributed by atoms with Crippen molar-refractivity contribution in [3.8, 4) is 11.5 Å². The van der Waals surface area contributed by atoms with Crippen LogP contribution < -0.4 is 19.7 Å². The Bertz CT molecular complexity index is 1080. The number of methoxy groups -OCH3 is 2. The van der Waals surface area contributed by atoms with E-state index in [-0.39, 0.29) is 35.7 Å². The normalized spacial score (nSPS) is 13.9. The monoisotopic (exact) mass is 472 g/mol. The van der Waals surface area contributed by atoms with E-state index in [0.717, 1.165) is 25.9 Å². The van der Waals surface area contributed by atoms with E-state index in [9.17, 15) is 25.0 Å². The summed E-state index contributed by atoms with van der Waals surface area (Å²) in [6, 6.07) is 7.24. The van der Waals surface area contributed by atoms with E-state index in [2.05, 4.69) is 12.2 Å². The lowest BCUT2D eigenvalue weighted by Crippen LogP contribution is -2.33. The first-order chi connectivity index (χ1) is 16.2. The molecule has 1 saturated heterocycles. The number of carbonyl (C=O) groups is 1. The highest BCUT2D eigenvalue weighted by atomic mass is 16.6. The zero-order chi connectivity index (χ0) is 24.8. The molecule has 2 aromatic carbocycles. The van der Waals surface area contributed by atoms with Gasteiger partial charge in [0.05, 0.1) is 30.1 Å². The fourth-order valence-electron chi connectivity index (χ4n) is 4.02. The number of nitrogens with zero attached hydrogens (tertiary/aromatic N) is 3. The van der Waals surface area contributed by atoms with Gasteiger partial charge in [-0.05, 0) is 43.4 Å². The van der Waals surface area contributed by atoms with Crippen molar-refractivity contribution >= 4 is 23.0 Å². The molecule has 0 atom stereocenters. The molecule has 0 spiro atoms. The average Bonchev–Trinajstić information content (AvgIpc) is 2.83. The van der Waals surface area contributed by atoms with E-state index < -0.39 is 15.8 Å². The first-order valence-corrected chi connectivity index (χ1v) is 11.0. The molecule has 1 N–H and O–H groups in total. The first kappa shape index (κ1) is 24.7. The van der Waals surface area contributed by atoms with Crippen LogP contribution in [0.1, 0.15) is 35.7 Å². The van der Waals surface area contributed by atoms with Gasteiger partial charge in [-0.1, -0.05) is 6.92 Å². The van der Waals surface area contributed by atoms with Crippen LogP contribution in [0.15, 0.2) is 30.3 Å². The van der Waals surface area contributed by atoms with Gasteiger partial charge in [0.25, 0.3) is 17.3 Å². The van der Waals surface area contributed by atoms with Crippen molar-refractivity contribution in [2.45, 2.75) is 26.2 Å². The molecule has 1 amide bonds. The number of nitrogens with one attached hydrogen (secondary N) is 1. The maximum atomic E-state index is 12.7. The topological polar surface area (TPSA) is 137 Å². The number of carbonyl (C=O) groups excluding carboxylic acids is 1. The fraction of sp³-hybridized carbons (Fsp3) is 0.435. The number of ether oxygens (including phenoxy) is 2. The van der Waals surface area contributed by atoms with Crippen molar-refractivity contribution in [3.05, 3.63) is 61.7 Å². The number of amides is 1. The molecule has 11 heteroatoms. The van der Waals surface area contributed by atoms with Crippen LogP contribution in [0.5, 0.6) is 11.5 Å². The van der Waals surface area contributed by atoms with Gasteiger partial charge in [-0.25, -0.2) is 0 Å². The molecule has 1 heterocycles. The van der Waals surface area contributed by atoms with Gasteiger partial charge in [-0.15, -0.1) is 0 Å². The van der Waals surface area contributed by atoms with Crippen LogP contribution in [0.3, 0.4) is 0 Å². The SMILES string of the molecule is COc1cc(CCNC(=O)c2ccc(N3CCC(C)CC3)c([N+](=O)[O-])c2)c([N+](=O)[O-])cc1OC. The van der Waals surface area contributed by atoms with Gasteiger partial charge in [0.15, 0.2) is 11.5 Å². The van der Waals surface area contributed by atoms with Crippen molar-refractivity contribution in [2.75, 3.05) is 38.8 Å². The Morgan fingerprint density at radius 3 is 2.24 bits per heavy atom. The predicted octanol–water partition coefficient (Wildman–Crippen LogP) is 3.73. The Labute approximate surface area is 197 Å². The summed E-state index contributed by atoms with van der Waals surface area (Å²) in [4.78, 5) is 36.8. The molecule has 1 fully saturated rings. The van der Waals surface area contributed by atoms with Crippen molar-refractivity contribution in [2.24, 2.45) is 5.92 Å². The molecular weight excluding hydrogens is 444 g/mol. The zero-order valence-corrected chi connectivity index (χ0v) is 19.4. The highest BCUT2D eigenvalue weighted by molar-refractivity contribution is 5.95. The van der Waals surface area contributed by atoms with Crippen molar-refractivity contribution < 1.29 is 24.1 Å². The number of hydrogen-bond acceptors (Lipinski definition) is 8. The maximum absolute atomic E-state index is 12.7. The molecule has 3 rings (SSSR count). The largest absolute Gasteiger partial charge is 0.493 e. The lowest BCUT2D eigenvalue weighted by atomic mass is 9.98. The van der Waals surface area contributed by atoms with Gasteiger partial charge < -0.3 is 19.7 Å². The number of hydrogen-bond donors (Lipinski definition) is 1. The van der Waals surface area contributed by atoms with Crippen LogP contribution >= 0.6 is 0 Å². The lowest BCUT2D eigenvalue weighted by molar-refractivity contribution is -0.385. The molecule has 0 unspecified atom stereocenters. The van der Waals surface area contributed by atoms with E-state index in [0.29, 0.717) is 22.9 Å². The summed E-state index contributed by atoms with van der Waals surface area (Å²) in [5, 5.41) is 25.8. The lowest BCUT2D eigenvalue weighted by Gasteiger charge is -2.31. The summed E-state index contributed by atoms with van der Waals surface area (Å²) in [6.45, 7) is 3.72. The van der Waals surface area contributed by atoms with Gasteiger partial charge in [0.2, 0.25) is 0 Å². The molecule has 0 radical (unpaired) electrons. The number of rotatable bonds is 9. The van der Waals surface area contributed by atoms with Crippen LogP contribution in [0.2, 0.25) is 0 Å². The molecule has 2 aromatic rings. The zero-order valence-electron chi connectivity index (χ0n) is 19.4. The Morgan fingerprint density at radius 1 is 1.03 bits per heavy atom. The molecule has 0 aromatic heterocycles. The Hall–Kier alpha value is -3.89. The summed E-state index contributed by atoms with van der Waals surface area (Å²) in [6.07, 6.45) is 2.08. The summed E-state index contributed by atoms with van der Waals surface area (Å²) in [7, 11) is 2.81. The second-order valence-electron chi connectivity index (χ2n) is 8.23. The number of piperidine rings is 1. The third kappa shape index (κ3) is 5.53. The van der Waals surface area contributed by atoms with E-state index in [1.165, 1.54) is 32.4 Å². The summed E-state index contributed by atoms with van der Waals surface area (Å²) in [5.41, 5.74) is 0.765. The minimum atomic E-state index is -0.525. The number of nitro benzene ring substituents is 2. The number of nitro groups is 2. The summed E-state index contributed by atoms with van der Waals surface area (Å²) in [5.74, 6) is 0.664. The quantitative estimate of drug-likeness (QED) is 0.430. The third-order valence-electron chi connectivity index (χ3n) is 6.02. The van der Waals surface area contributed by atoms with Crippen LogP contribution in [0, 0.1) is 26.1 Å². The van der Waals surface area contributed by atoms with E-state index in [1.54, 1.807) is 12.1 Å². The van der Waals surface area contributed by atoms with Crippen LogP contribution in [-0.4, -0.2) is 49.6 Å². The highest BCUT2D eigenvalue weighted by Gasteiger charge is 2.25. The smallest absolute Gasteiger partial charge is 0.293 e. The molecule has 0 bridgehead atoms. The molecule has 0 aliphatic carbocycles. The molecule has 1 aliphatic rings. The summed E-state index contributed by atoms with van der Waals surface area (Å²) < 4.78 is 10.3. The maximum Gasteiger partial charge on any atom is 0.293 e. The van der Waals surface area contributed by atoms with E-state index in [4.69, 9.17) is 9.47 Å². The van der Waals surface area contributed by atoms with E-state index >= 15 is 0 Å². The average molecular weight is 472 g/mol. The Morgan fingerprint density at radius 2 is 1.65 bits per heavy atom. The second kappa shape index (κ2) is 10.8. The molecular formula is C23H28N4O7. The summed E-state index contributed by atoms with van der Waals surface area (Å²) >= 11 is 0. The number of anilines is 1. The van der Waals surface area contributed by atoms with Crippen LogP contribution in [-0.2, 0) is 6.42 Å². The van der Waals surface area contributed by atoms with Crippen molar-refractivity contribution in [1.29, 1.82) is 0 Å². The van der Waals surface area contributed by atoms with Crippen molar-refractivity contribution in [3.63, 3.8) is 0 Å². The molecule has 182 valence electrons. The van der Waals surface area contributed by atoms with Crippen LogP contribution in [0.4, 0.5) is 17.1 Å². The van der Waals surface area contributed by atoms with Gasteiger partial charge in [-0.3, -0.25) is 25.0 Å². The molecule has 0 saturated carbocycles. The van der Waals surface area contributed by atoms with Gasteiger partial charge >= 0.3 is 0 Å². The second-order valence-corrected chi connectivity index (χ2v) is 8.23. The third-order valence-corrected chi connectivity index (χ3v) is 6.02. The predicted molar refractivity (Wildman–Crippen MR) is 126 cm³/mol. The number of benzene rings is 2. The van der Waals surface area contributed by atoms with Gasteiger partial charge in [0, 0.05) is 36.8 Å². The fourth-order valence-corrected chi connectivity index (χ4v) is 4.02. The Kier molecular flexibility index (Phi) is 7.87. The minimum absolute atomic E-state index is 0.0920. The first-order valence-electron chi connectivity index (χ1n) is 11.0. The van der Waals surface area contributed by atoms with Gasteiger partial charge in [-0.2, -0.15) is 0 Å². The standard InChI is InChI=1S/C23H28N4O7/c1-15-7-10-25(11-8-15)18-5-4-17(12-20(18)27(31)32)23(28)24-9-6-16-13-21(33-2)22(34-3)14-19(16)26(29)30/h4-5,12-15H,6-11H2,1-3H3,(H,24,28). The van der Waals surface area contributed by atoms with Crippen LogP contribution in [0.25, 0.3) is 0 Å². The molecule has 1 aliphatic heterocycles. The molecule has 34 heavy (non-hydrogen) atoms. The van der Waals surface area contributed by atoms with Gasteiger partial charge in [0.1, 0.15) is 5.69 Å².